The minimum Gasteiger partial charge on any atom is -0.496 e. The van der Waals surface area contributed by atoms with Crippen LogP contribution in [0.2, 0.25) is 0 Å². The number of nitrogens with zero attached hydrogens (tertiary/aromatic N) is 1. The van der Waals surface area contributed by atoms with Crippen LogP contribution in [0.1, 0.15) is 19.4 Å². The van der Waals surface area contributed by atoms with Gasteiger partial charge in [0.25, 0.3) is 0 Å². The smallest absolute Gasteiger partial charge is 0.250 e. The maximum atomic E-state index is 12.9. The number of nitrogens with one attached hydrogen (secondary N) is 1. The van der Waals surface area contributed by atoms with Gasteiger partial charge in [0.2, 0.25) is 5.91 Å². The van der Waals surface area contributed by atoms with Crippen molar-refractivity contribution in [2.45, 2.75) is 19.3 Å². The third kappa shape index (κ3) is 2.82. The van der Waals surface area contributed by atoms with Crippen molar-refractivity contribution in [1.82, 2.24) is 0 Å². The van der Waals surface area contributed by atoms with Crippen molar-refractivity contribution in [2.24, 2.45) is 0 Å². The zero-order chi connectivity index (χ0) is 19.9. The number of hydrogen-bond acceptors (Lipinski definition) is 3. The molecule has 3 aromatic rings. The summed E-state index contributed by atoms with van der Waals surface area (Å²) in [6.07, 6.45) is 1.71. The predicted octanol–water partition coefficient (Wildman–Crippen LogP) is 5.10. The Morgan fingerprint density at radius 3 is 2.39 bits per heavy atom. The number of rotatable bonds is 3. The van der Waals surface area contributed by atoms with E-state index in [2.05, 4.69) is 36.2 Å². The second-order valence-corrected chi connectivity index (χ2v) is 7.58. The number of likely N-dealkylation sites (N-methyl/N-ethyl adjacent to an activating group) is 1. The molecule has 28 heavy (non-hydrogen) atoms. The summed E-state index contributed by atoms with van der Waals surface area (Å²) >= 11 is 0. The molecule has 0 spiro atoms. The quantitative estimate of drug-likeness (QED) is 0.651. The number of methoxy groups -OCH3 is 1. The van der Waals surface area contributed by atoms with Gasteiger partial charge >= 0.3 is 0 Å². The minimum absolute atomic E-state index is 0.141. The average Bonchev–Trinajstić information content (AvgIpc) is 2.89. The molecule has 0 bridgehead atoms. The Morgan fingerprint density at radius 2 is 1.68 bits per heavy atom. The Labute approximate surface area is 165 Å². The summed E-state index contributed by atoms with van der Waals surface area (Å²) in [5.41, 5.74) is 3.89. The van der Waals surface area contributed by atoms with E-state index in [-0.39, 0.29) is 11.3 Å². The average molecular weight is 372 g/mol. The summed E-state index contributed by atoms with van der Waals surface area (Å²) in [4.78, 5) is 15.0. The molecule has 0 saturated heterocycles. The first kappa shape index (κ1) is 18.1. The number of anilines is 2. The van der Waals surface area contributed by atoms with Crippen molar-refractivity contribution in [3.63, 3.8) is 0 Å². The van der Waals surface area contributed by atoms with Crippen LogP contribution in [-0.2, 0) is 10.2 Å². The van der Waals surface area contributed by atoms with Gasteiger partial charge in [-0.25, -0.2) is 0 Å². The number of amides is 1. The van der Waals surface area contributed by atoms with E-state index in [1.54, 1.807) is 13.2 Å². The van der Waals surface area contributed by atoms with Crippen molar-refractivity contribution in [3.8, 4) is 5.75 Å². The number of fused-ring (bicyclic) bond motifs is 2. The van der Waals surface area contributed by atoms with Crippen LogP contribution in [0.25, 0.3) is 10.8 Å². The van der Waals surface area contributed by atoms with Crippen LogP contribution < -0.4 is 15.0 Å². The lowest BCUT2D eigenvalue weighted by Gasteiger charge is -2.24. The summed E-state index contributed by atoms with van der Waals surface area (Å²) in [6, 6.07) is 20.0. The number of ether oxygens (including phenoxy) is 1. The topological polar surface area (TPSA) is 41.6 Å². The number of allylic oxidation sites excluding steroid dienone is 1. The van der Waals surface area contributed by atoms with Gasteiger partial charge in [-0.05, 0) is 23.8 Å². The van der Waals surface area contributed by atoms with Crippen LogP contribution in [0.4, 0.5) is 11.4 Å². The van der Waals surface area contributed by atoms with E-state index in [1.165, 1.54) is 5.56 Å². The zero-order valence-corrected chi connectivity index (χ0v) is 16.6. The van der Waals surface area contributed by atoms with Crippen molar-refractivity contribution in [2.75, 3.05) is 24.4 Å². The number of carbonyl (C=O) groups excluding carboxylic acids is 1. The molecule has 0 saturated carbocycles. The fraction of sp³-hybridized carbons (Fsp3) is 0.208. The monoisotopic (exact) mass is 372 g/mol. The Balaban J connectivity index is 1.68. The fourth-order valence-electron chi connectivity index (χ4n) is 4.11. The molecule has 1 aliphatic rings. The molecule has 0 unspecified atom stereocenters. The number of para-hydroxylation sites is 1. The number of carbonyl (C=O) groups is 1. The normalized spacial score (nSPS) is 16.3. The van der Waals surface area contributed by atoms with Crippen LogP contribution in [-0.4, -0.2) is 20.1 Å². The minimum atomic E-state index is -0.231. The molecule has 0 fully saturated rings. The van der Waals surface area contributed by atoms with E-state index >= 15 is 0 Å². The maximum absolute atomic E-state index is 12.9. The second-order valence-electron chi connectivity index (χ2n) is 7.58. The van der Waals surface area contributed by atoms with E-state index in [0.29, 0.717) is 0 Å². The summed E-state index contributed by atoms with van der Waals surface area (Å²) in [5.74, 6) is 0.650. The molecule has 0 aromatic heterocycles. The first-order chi connectivity index (χ1) is 13.4. The lowest BCUT2D eigenvalue weighted by Crippen LogP contribution is -2.25. The van der Waals surface area contributed by atoms with Gasteiger partial charge in [0, 0.05) is 46.4 Å². The molecule has 0 aliphatic carbocycles. The highest BCUT2D eigenvalue weighted by Gasteiger charge is 2.38. The lowest BCUT2D eigenvalue weighted by molar-refractivity contribution is -0.112. The van der Waals surface area contributed by atoms with Crippen LogP contribution in [0.15, 0.2) is 72.4 Å². The van der Waals surface area contributed by atoms with Gasteiger partial charge in [0.05, 0.1) is 7.11 Å². The summed E-state index contributed by atoms with van der Waals surface area (Å²) in [6.45, 7) is 4.30. The van der Waals surface area contributed by atoms with Gasteiger partial charge in [-0.15, -0.1) is 0 Å². The van der Waals surface area contributed by atoms with Crippen LogP contribution in [0, 0.1) is 0 Å². The van der Waals surface area contributed by atoms with Crippen molar-refractivity contribution >= 4 is 28.1 Å². The van der Waals surface area contributed by atoms with Crippen molar-refractivity contribution in [3.05, 3.63) is 78.0 Å². The Morgan fingerprint density at radius 1 is 1.00 bits per heavy atom. The molecule has 3 aromatic carbocycles. The molecule has 1 N–H and O–H groups in total. The molecule has 4 nitrogen and oxygen atoms in total. The van der Waals surface area contributed by atoms with Crippen LogP contribution in [0.3, 0.4) is 0 Å². The summed E-state index contributed by atoms with van der Waals surface area (Å²) in [7, 11) is 3.66. The third-order valence-corrected chi connectivity index (χ3v) is 5.57. The van der Waals surface area contributed by atoms with E-state index in [1.807, 2.05) is 55.6 Å². The molecule has 1 aliphatic heterocycles. The molecule has 4 heteroatoms. The molecule has 0 radical (unpaired) electrons. The third-order valence-electron chi connectivity index (χ3n) is 5.57. The predicted molar refractivity (Wildman–Crippen MR) is 115 cm³/mol. The van der Waals surface area contributed by atoms with Gasteiger partial charge < -0.3 is 15.0 Å². The first-order valence-electron chi connectivity index (χ1n) is 9.35. The number of hydrogen-bond donors (Lipinski definition) is 1. The van der Waals surface area contributed by atoms with Gasteiger partial charge in [-0.3, -0.25) is 4.79 Å². The molecule has 0 atom stereocenters. The van der Waals surface area contributed by atoms with Crippen molar-refractivity contribution in [1.29, 1.82) is 0 Å². The maximum Gasteiger partial charge on any atom is 0.250 e. The van der Waals surface area contributed by atoms with Gasteiger partial charge in [0.15, 0.2) is 0 Å². The molecule has 142 valence electrons. The SMILES string of the molecule is COc1ccc(NC(=O)C=C2N(C)c3ccccc3C2(C)C)c2ccccc12. The van der Waals surface area contributed by atoms with E-state index < -0.39 is 0 Å². The van der Waals surface area contributed by atoms with E-state index in [4.69, 9.17) is 4.74 Å². The highest BCUT2D eigenvalue weighted by molar-refractivity contribution is 6.08. The van der Waals surface area contributed by atoms with E-state index in [0.717, 1.165) is 33.6 Å². The molecule has 4 rings (SSSR count). The molecule has 1 amide bonds. The largest absolute Gasteiger partial charge is 0.496 e. The van der Waals surface area contributed by atoms with Gasteiger partial charge in [-0.1, -0.05) is 56.3 Å². The lowest BCUT2D eigenvalue weighted by atomic mass is 9.84. The summed E-state index contributed by atoms with van der Waals surface area (Å²) in [5, 5.41) is 4.98. The standard InChI is InChI=1S/C24H24N2O2/c1-24(2)18-11-7-8-12-20(18)26(3)22(24)15-23(27)25-19-13-14-21(28-4)17-10-6-5-9-16(17)19/h5-15H,1-4H3,(H,25,27). The van der Waals surface area contributed by atoms with Gasteiger partial charge in [-0.2, -0.15) is 0 Å². The van der Waals surface area contributed by atoms with Gasteiger partial charge in [0.1, 0.15) is 5.75 Å². The molecule has 1 heterocycles. The Hall–Kier alpha value is -3.27. The highest BCUT2D eigenvalue weighted by atomic mass is 16.5. The van der Waals surface area contributed by atoms with Crippen molar-refractivity contribution < 1.29 is 9.53 Å². The molecular formula is C24H24N2O2. The zero-order valence-electron chi connectivity index (χ0n) is 16.6. The highest BCUT2D eigenvalue weighted by Crippen LogP contribution is 2.46. The number of benzene rings is 3. The second kappa shape index (κ2) is 6.71. The Kier molecular flexibility index (Phi) is 4.34. The van der Waals surface area contributed by atoms with E-state index in [9.17, 15) is 4.79 Å². The fourth-order valence-corrected chi connectivity index (χ4v) is 4.11. The Bertz CT molecular complexity index is 1100. The summed E-state index contributed by atoms with van der Waals surface area (Å²) < 4.78 is 5.44. The molecular weight excluding hydrogens is 348 g/mol. The first-order valence-corrected chi connectivity index (χ1v) is 9.35. The van der Waals surface area contributed by atoms with Crippen LogP contribution >= 0.6 is 0 Å². The van der Waals surface area contributed by atoms with Crippen LogP contribution in [0.5, 0.6) is 5.75 Å².